The van der Waals surface area contributed by atoms with E-state index in [2.05, 4.69) is 44.8 Å². The first kappa shape index (κ1) is 13.1. The van der Waals surface area contributed by atoms with Gasteiger partial charge in [-0.1, -0.05) is 30.3 Å². The lowest BCUT2D eigenvalue weighted by Crippen LogP contribution is -1.94. The average molecular weight is 347 g/mol. The normalized spacial score (nSPS) is 10.9. The van der Waals surface area contributed by atoms with Crippen molar-refractivity contribution in [3.63, 3.8) is 0 Å². The molecule has 4 rings (SSSR count). The highest BCUT2D eigenvalue weighted by Crippen LogP contribution is 2.34. The summed E-state index contributed by atoms with van der Waals surface area (Å²) in [6, 6.07) is 24.5. The summed E-state index contributed by atoms with van der Waals surface area (Å²) in [4.78, 5) is 0. The van der Waals surface area contributed by atoms with Gasteiger partial charge in [-0.25, -0.2) is 0 Å². The zero-order chi connectivity index (χ0) is 15.1. The van der Waals surface area contributed by atoms with Crippen LogP contribution in [0.5, 0.6) is 0 Å². The molecule has 1 aromatic heterocycles. The number of para-hydroxylation sites is 2. The van der Waals surface area contributed by atoms with Gasteiger partial charge in [0.15, 0.2) is 0 Å². The number of fused-ring (bicyclic) bond motifs is 3. The van der Waals surface area contributed by atoms with Gasteiger partial charge >= 0.3 is 0 Å². The zero-order valence-corrected chi connectivity index (χ0v) is 13.2. The number of aromatic nitrogens is 1. The molecule has 2 nitrogen and oxygen atoms in total. The van der Waals surface area contributed by atoms with E-state index in [4.69, 9.17) is 0 Å². The first-order valence-electron chi connectivity index (χ1n) is 6.98. The topological polar surface area (TPSA) is 28.7 Å². The fourth-order valence-corrected chi connectivity index (χ4v) is 3.40. The van der Waals surface area contributed by atoms with Crippen molar-refractivity contribution in [2.45, 2.75) is 0 Å². The van der Waals surface area contributed by atoms with Gasteiger partial charge in [-0.3, -0.25) is 0 Å². The third-order valence-electron chi connectivity index (χ3n) is 3.90. The van der Waals surface area contributed by atoms with Crippen molar-refractivity contribution in [1.29, 1.82) is 5.26 Å². The lowest BCUT2D eigenvalue weighted by Gasteiger charge is -2.09. The van der Waals surface area contributed by atoms with Crippen LogP contribution >= 0.6 is 15.9 Å². The summed E-state index contributed by atoms with van der Waals surface area (Å²) in [5.41, 5.74) is 4.02. The highest BCUT2D eigenvalue weighted by molar-refractivity contribution is 9.10. The second-order valence-corrected chi connectivity index (χ2v) is 6.00. The van der Waals surface area contributed by atoms with E-state index in [9.17, 15) is 5.26 Å². The molecule has 0 aliphatic heterocycles. The lowest BCUT2D eigenvalue weighted by atomic mass is 10.1. The molecule has 0 saturated heterocycles. The molecule has 0 bridgehead atoms. The van der Waals surface area contributed by atoms with Crippen LogP contribution in [0.3, 0.4) is 0 Å². The molecule has 4 aromatic rings. The fourth-order valence-electron chi connectivity index (χ4n) is 2.94. The van der Waals surface area contributed by atoms with Gasteiger partial charge in [0.1, 0.15) is 0 Å². The molecule has 1 heterocycles. The molecule has 22 heavy (non-hydrogen) atoms. The van der Waals surface area contributed by atoms with Gasteiger partial charge < -0.3 is 4.57 Å². The molecule has 0 aliphatic carbocycles. The summed E-state index contributed by atoms with van der Waals surface area (Å²) in [6.07, 6.45) is 0. The van der Waals surface area contributed by atoms with Crippen LogP contribution in [0.25, 0.3) is 27.5 Å². The van der Waals surface area contributed by atoms with Gasteiger partial charge in [0.2, 0.25) is 0 Å². The second-order valence-electron chi connectivity index (χ2n) is 5.15. The van der Waals surface area contributed by atoms with Gasteiger partial charge in [0.25, 0.3) is 0 Å². The molecule has 3 aromatic carbocycles. The van der Waals surface area contributed by atoms with Crippen LogP contribution < -0.4 is 0 Å². The number of rotatable bonds is 1. The van der Waals surface area contributed by atoms with Gasteiger partial charge in [-0.05, 0) is 52.3 Å². The average Bonchev–Trinajstić information content (AvgIpc) is 2.89. The highest BCUT2D eigenvalue weighted by atomic mass is 79.9. The fraction of sp³-hybridized carbons (Fsp3) is 0. The van der Waals surface area contributed by atoms with Crippen LogP contribution in [0.2, 0.25) is 0 Å². The molecule has 0 fully saturated rings. The standard InChI is InChI=1S/C19H11BrN2/c20-16-6-2-4-8-19(16)22-17-7-3-1-5-14(17)15-11-13(12-21)9-10-18(15)22/h1-11H. The Hall–Kier alpha value is -2.57. The summed E-state index contributed by atoms with van der Waals surface area (Å²) in [5.74, 6) is 0. The molecule has 0 saturated carbocycles. The Morgan fingerprint density at radius 1 is 0.818 bits per heavy atom. The summed E-state index contributed by atoms with van der Waals surface area (Å²) in [6.45, 7) is 0. The number of nitrogens with zero attached hydrogens (tertiary/aromatic N) is 2. The molecule has 0 spiro atoms. The van der Waals surface area contributed by atoms with Crippen molar-refractivity contribution in [2.24, 2.45) is 0 Å². The van der Waals surface area contributed by atoms with Crippen molar-refractivity contribution in [1.82, 2.24) is 4.57 Å². The van der Waals surface area contributed by atoms with Gasteiger partial charge in [0, 0.05) is 15.2 Å². The Kier molecular flexibility index (Phi) is 2.99. The first-order chi connectivity index (χ1) is 10.8. The van der Waals surface area contributed by atoms with E-state index < -0.39 is 0 Å². The molecule has 0 unspecified atom stereocenters. The minimum atomic E-state index is 0.683. The molecule has 0 atom stereocenters. The van der Waals surface area contributed by atoms with Crippen molar-refractivity contribution in [3.05, 3.63) is 76.8 Å². The molecule has 104 valence electrons. The Bertz CT molecular complexity index is 1050. The van der Waals surface area contributed by atoms with Crippen LogP contribution in [-0.2, 0) is 0 Å². The lowest BCUT2D eigenvalue weighted by molar-refractivity contribution is 1.17. The maximum absolute atomic E-state index is 9.17. The Labute approximate surface area is 136 Å². The predicted octanol–water partition coefficient (Wildman–Crippen LogP) is 5.42. The molecule has 0 radical (unpaired) electrons. The van der Waals surface area contributed by atoms with E-state index in [-0.39, 0.29) is 0 Å². The Morgan fingerprint density at radius 2 is 1.55 bits per heavy atom. The maximum Gasteiger partial charge on any atom is 0.0991 e. The highest BCUT2D eigenvalue weighted by Gasteiger charge is 2.13. The Morgan fingerprint density at radius 3 is 2.36 bits per heavy atom. The van der Waals surface area contributed by atoms with Gasteiger partial charge in [0.05, 0.1) is 28.4 Å². The number of hydrogen-bond acceptors (Lipinski definition) is 1. The van der Waals surface area contributed by atoms with Crippen molar-refractivity contribution in [3.8, 4) is 11.8 Å². The number of benzene rings is 3. The Balaban J connectivity index is 2.22. The number of hydrogen-bond donors (Lipinski definition) is 0. The number of halogens is 1. The van der Waals surface area contributed by atoms with Crippen LogP contribution in [0.4, 0.5) is 0 Å². The van der Waals surface area contributed by atoms with Crippen molar-refractivity contribution in [2.75, 3.05) is 0 Å². The monoisotopic (exact) mass is 346 g/mol. The third-order valence-corrected chi connectivity index (χ3v) is 4.57. The second kappa shape index (κ2) is 5.01. The zero-order valence-electron chi connectivity index (χ0n) is 11.6. The molecular weight excluding hydrogens is 336 g/mol. The van der Waals surface area contributed by atoms with Crippen molar-refractivity contribution < 1.29 is 0 Å². The smallest absolute Gasteiger partial charge is 0.0991 e. The van der Waals surface area contributed by atoms with E-state index in [0.717, 1.165) is 32.0 Å². The molecule has 0 amide bonds. The van der Waals surface area contributed by atoms with E-state index in [1.807, 2.05) is 48.5 Å². The van der Waals surface area contributed by atoms with Crippen molar-refractivity contribution >= 4 is 37.7 Å². The summed E-state index contributed by atoms with van der Waals surface area (Å²) in [7, 11) is 0. The summed E-state index contributed by atoms with van der Waals surface area (Å²) in [5, 5.41) is 11.4. The van der Waals surface area contributed by atoms with E-state index >= 15 is 0 Å². The van der Waals surface area contributed by atoms with Crippen LogP contribution in [-0.4, -0.2) is 4.57 Å². The van der Waals surface area contributed by atoms with Crippen LogP contribution in [0.15, 0.2) is 71.2 Å². The van der Waals surface area contributed by atoms with Crippen LogP contribution in [0, 0.1) is 11.3 Å². The van der Waals surface area contributed by atoms with E-state index in [1.165, 1.54) is 0 Å². The first-order valence-corrected chi connectivity index (χ1v) is 7.77. The molecule has 0 aliphatic rings. The van der Waals surface area contributed by atoms with E-state index in [0.29, 0.717) is 5.56 Å². The maximum atomic E-state index is 9.17. The molecular formula is C19H11BrN2. The third kappa shape index (κ3) is 1.85. The minimum absolute atomic E-state index is 0.683. The molecule has 3 heteroatoms. The number of nitriles is 1. The summed E-state index contributed by atoms with van der Waals surface area (Å²) < 4.78 is 3.28. The summed E-state index contributed by atoms with van der Waals surface area (Å²) >= 11 is 3.64. The minimum Gasteiger partial charge on any atom is -0.308 e. The van der Waals surface area contributed by atoms with Gasteiger partial charge in [-0.15, -0.1) is 0 Å². The SMILES string of the molecule is N#Cc1ccc2c(c1)c1ccccc1n2-c1ccccc1Br. The largest absolute Gasteiger partial charge is 0.308 e. The quantitative estimate of drug-likeness (QED) is 0.452. The molecule has 0 N–H and O–H groups in total. The predicted molar refractivity (Wildman–Crippen MR) is 93.2 cm³/mol. The van der Waals surface area contributed by atoms with Crippen LogP contribution in [0.1, 0.15) is 5.56 Å². The van der Waals surface area contributed by atoms with Gasteiger partial charge in [-0.2, -0.15) is 5.26 Å². The van der Waals surface area contributed by atoms with E-state index in [1.54, 1.807) is 0 Å².